The SMILES string of the molecule is N#CCC(=O)N1CCC[C@@H](Nc2nc(-c3cnn4ccccc34)nc(Cl)c2F)C1. The predicted octanol–water partition coefficient (Wildman–Crippen LogP) is 2.90. The molecule has 3 aromatic rings. The van der Waals surface area contributed by atoms with Gasteiger partial charge < -0.3 is 10.2 Å². The van der Waals surface area contributed by atoms with Crippen LogP contribution < -0.4 is 5.32 Å². The van der Waals surface area contributed by atoms with Crippen LogP contribution in [0.3, 0.4) is 0 Å². The number of fused-ring (bicyclic) bond motifs is 1. The van der Waals surface area contributed by atoms with Gasteiger partial charge in [0, 0.05) is 25.3 Å². The summed E-state index contributed by atoms with van der Waals surface area (Å²) in [6.07, 6.45) is 4.71. The average Bonchev–Trinajstić information content (AvgIpc) is 3.16. The molecule has 10 heteroatoms. The van der Waals surface area contributed by atoms with E-state index in [9.17, 15) is 9.18 Å². The zero-order chi connectivity index (χ0) is 20.4. The number of carbonyl (C=O) groups is 1. The lowest BCUT2D eigenvalue weighted by molar-refractivity contribution is -0.131. The van der Waals surface area contributed by atoms with Crippen molar-refractivity contribution in [1.29, 1.82) is 5.26 Å². The number of pyridine rings is 1. The summed E-state index contributed by atoms with van der Waals surface area (Å²) in [4.78, 5) is 22.0. The summed E-state index contributed by atoms with van der Waals surface area (Å²) in [5.74, 6) is -0.734. The first-order valence-corrected chi connectivity index (χ1v) is 9.51. The minimum absolute atomic E-state index is 0.0186. The molecule has 0 bridgehead atoms. The van der Waals surface area contributed by atoms with E-state index in [1.165, 1.54) is 0 Å². The Hall–Kier alpha value is -3.25. The number of halogens is 2. The number of aromatic nitrogens is 4. The predicted molar refractivity (Wildman–Crippen MR) is 105 cm³/mol. The molecule has 4 heterocycles. The second kappa shape index (κ2) is 8.01. The fourth-order valence-electron chi connectivity index (χ4n) is 3.44. The first kappa shape index (κ1) is 19.1. The minimum Gasteiger partial charge on any atom is -0.363 e. The molecule has 1 fully saturated rings. The van der Waals surface area contributed by atoms with Crippen molar-refractivity contribution in [3.63, 3.8) is 0 Å². The zero-order valence-corrected chi connectivity index (χ0v) is 16.1. The van der Waals surface area contributed by atoms with Crippen molar-refractivity contribution < 1.29 is 9.18 Å². The van der Waals surface area contributed by atoms with E-state index in [0.29, 0.717) is 18.7 Å². The highest BCUT2D eigenvalue weighted by Gasteiger charge is 2.25. The van der Waals surface area contributed by atoms with Gasteiger partial charge in [0.1, 0.15) is 6.42 Å². The second-order valence-electron chi connectivity index (χ2n) is 6.75. The topological polar surface area (TPSA) is 99.2 Å². The van der Waals surface area contributed by atoms with Crippen LogP contribution in [0.1, 0.15) is 19.3 Å². The van der Waals surface area contributed by atoms with Gasteiger partial charge in [-0.3, -0.25) is 4.79 Å². The summed E-state index contributed by atoms with van der Waals surface area (Å²) < 4.78 is 16.3. The lowest BCUT2D eigenvalue weighted by Crippen LogP contribution is -2.45. The van der Waals surface area contributed by atoms with Crippen LogP contribution in [-0.4, -0.2) is 49.5 Å². The number of hydrogen-bond donors (Lipinski definition) is 1. The summed E-state index contributed by atoms with van der Waals surface area (Å²) in [5.41, 5.74) is 1.40. The lowest BCUT2D eigenvalue weighted by Gasteiger charge is -2.33. The van der Waals surface area contributed by atoms with Gasteiger partial charge in [-0.25, -0.2) is 14.5 Å². The van der Waals surface area contributed by atoms with Crippen LogP contribution in [0.15, 0.2) is 30.6 Å². The monoisotopic (exact) mass is 413 g/mol. The quantitative estimate of drug-likeness (QED) is 0.660. The van der Waals surface area contributed by atoms with Crippen molar-refractivity contribution in [1.82, 2.24) is 24.5 Å². The van der Waals surface area contributed by atoms with E-state index in [1.54, 1.807) is 21.8 Å². The van der Waals surface area contributed by atoms with Crippen molar-refractivity contribution >= 4 is 28.8 Å². The summed E-state index contributed by atoms with van der Waals surface area (Å²) in [6.45, 7) is 0.951. The molecule has 0 radical (unpaired) electrons. The molecule has 1 atom stereocenters. The van der Waals surface area contributed by atoms with Gasteiger partial charge >= 0.3 is 0 Å². The van der Waals surface area contributed by atoms with Crippen LogP contribution in [0.4, 0.5) is 10.2 Å². The number of nitrogens with one attached hydrogen (secondary N) is 1. The smallest absolute Gasteiger partial charge is 0.236 e. The van der Waals surface area contributed by atoms with Gasteiger partial charge in [0.05, 0.1) is 23.3 Å². The highest BCUT2D eigenvalue weighted by molar-refractivity contribution is 6.29. The Balaban J connectivity index is 1.61. The first-order valence-electron chi connectivity index (χ1n) is 9.14. The number of amides is 1. The number of hydrogen-bond acceptors (Lipinski definition) is 6. The Morgan fingerprint density at radius 3 is 3.10 bits per heavy atom. The summed E-state index contributed by atoms with van der Waals surface area (Å²) in [6, 6.07) is 7.22. The molecule has 4 rings (SSSR count). The summed E-state index contributed by atoms with van der Waals surface area (Å²) >= 11 is 6.03. The molecule has 1 aliphatic heterocycles. The van der Waals surface area contributed by atoms with Gasteiger partial charge in [0.15, 0.2) is 16.8 Å². The Morgan fingerprint density at radius 1 is 1.41 bits per heavy atom. The van der Waals surface area contributed by atoms with E-state index in [4.69, 9.17) is 16.9 Å². The number of likely N-dealkylation sites (tertiary alicyclic amines) is 1. The van der Waals surface area contributed by atoms with Crippen LogP contribution >= 0.6 is 11.6 Å². The Bertz CT molecular complexity index is 1110. The molecule has 0 aliphatic carbocycles. The number of nitriles is 1. The van der Waals surface area contributed by atoms with Crippen LogP contribution in [0, 0.1) is 17.1 Å². The second-order valence-corrected chi connectivity index (χ2v) is 7.11. The highest BCUT2D eigenvalue weighted by atomic mass is 35.5. The first-order chi connectivity index (χ1) is 14.1. The molecular weight excluding hydrogens is 397 g/mol. The summed E-state index contributed by atoms with van der Waals surface area (Å²) in [5, 5.41) is 15.7. The van der Waals surface area contributed by atoms with Crippen LogP contribution in [0.25, 0.3) is 16.9 Å². The van der Waals surface area contributed by atoms with Crippen molar-refractivity contribution in [2.45, 2.75) is 25.3 Å². The van der Waals surface area contributed by atoms with Crippen molar-refractivity contribution in [2.75, 3.05) is 18.4 Å². The van der Waals surface area contributed by atoms with E-state index in [2.05, 4.69) is 20.4 Å². The van der Waals surface area contributed by atoms with E-state index >= 15 is 0 Å². The van der Waals surface area contributed by atoms with Crippen LogP contribution in [0.2, 0.25) is 5.15 Å². The molecule has 1 aliphatic rings. The number of rotatable bonds is 4. The molecule has 8 nitrogen and oxygen atoms in total. The molecule has 0 aromatic carbocycles. The fraction of sp³-hybridized carbons (Fsp3) is 0.316. The van der Waals surface area contributed by atoms with E-state index in [0.717, 1.165) is 18.4 Å². The van der Waals surface area contributed by atoms with E-state index < -0.39 is 5.82 Å². The molecule has 3 aromatic heterocycles. The normalized spacial score (nSPS) is 16.6. The van der Waals surface area contributed by atoms with Crippen molar-refractivity contribution in [3.05, 3.63) is 41.6 Å². The largest absolute Gasteiger partial charge is 0.363 e. The molecule has 29 heavy (non-hydrogen) atoms. The Labute approximate surface area is 170 Å². The van der Waals surface area contributed by atoms with Gasteiger partial charge in [-0.2, -0.15) is 14.8 Å². The third kappa shape index (κ3) is 3.84. The molecule has 148 valence electrons. The standard InChI is InChI=1S/C19H17ClFN7O/c20-17-16(21)19(24-12-4-3-8-27(11-12)15(29)6-7-22)26-18(25-17)13-10-23-28-9-2-1-5-14(13)28/h1-2,5,9-10,12H,3-4,6,8,11H2,(H,24,25,26)/t12-/m1/s1. The summed E-state index contributed by atoms with van der Waals surface area (Å²) in [7, 11) is 0. The van der Waals surface area contributed by atoms with Gasteiger partial charge in [-0.05, 0) is 25.0 Å². The van der Waals surface area contributed by atoms with Crippen LogP contribution in [-0.2, 0) is 4.79 Å². The van der Waals surface area contributed by atoms with Crippen molar-refractivity contribution in [3.8, 4) is 17.5 Å². The van der Waals surface area contributed by atoms with E-state index in [1.807, 2.05) is 24.3 Å². The number of anilines is 1. The molecule has 0 unspecified atom stereocenters. The average molecular weight is 414 g/mol. The highest BCUT2D eigenvalue weighted by Crippen LogP contribution is 2.28. The number of piperidine rings is 1. The van der Waals surface area contributed by atoms with Gasteiger partial charge in [0.2, 0.25) is 11.7 Å². The maximum absolute atomic E-state index is 14.6. The van der Waals surface area contributed by atoms with Crippen molar-refractivity contribution in [2.24, 2.45) is 0 Å². The van der Waals surface area contributed by atoms with Crippen LogP contribution in [0.5, 0.6) is 0 Å². The Morgan fingerprint density at radius 2 is 2.28 bits per heavy atom. The maximum atomic E-state index is 14.6. The number of nitrogens with zero attached hydrogens (tertiary/aromatic N) is 6. The molecule has 1 amide bonds. The van der Waals surface area contributed by atoms with E-state index in [-0.39, 0.29) is 35.2 Å². The van der Waals surface area contributed by atoms with Gasteiger partial charge in [0.25, 0.3) is 0 Å². The fourth-order valence-corrected chi connectivity index (χ4v) is 3.61. The molecule has 1 saturated heterocycles. The van der Waals surface area contributed by atoms with Gasteiger partial charge in [-0.1, -0.05) is 17.7 Å². The zero-order valence-electron chi connectivity index (χ0n) is 15.3. The Kier molecular flexibility index (Phi) is 5.27. The maximum Gasteiger partial charge on any atom is 0.236 e. The third-order valence-electron chi connectivity index (χ3n) is 4.82. The molecule has 0 spiro atoms. The molecule has 1 N–H and O–H groups in total. The molecule has 0 saturated carbocycles. The number of carbonyl (C=O) groups excluding carboxylic acids is 1. The third-order valence-corrected chi connectivity index (χ3v) is 5.07. The van der Waals surface area contributed by atoms with Gasteiger partial charge in [-0.15, -0.1) is 0 Å². The minimum atomic E-state index is -0.743. The molecular formula is C19H17ClFN7O. The lowest BCUT2D eigenvalue weighted by atomic mass is 10.1.